The van der Waals surface area contributed by atoms with Crippen LogP contribution in [0.2, 0.25) is 0 Å². The molecule has 0 amide bonds. The summed E-state index contributed by atoms with van der Waals surface area (Å²) in [6, 6.07) is 32.2. The summed E-state index contributed by atoms with van der Waals surface area (Å²) in [5.41, 5.74) is 11.4. The Labute approximate surface area is 226 Å². The third-order valence-corrected chi connectivity index (χ3v) is 10.3. The molecule has 0 atom stereocenters. The van der Waals surface area contributed by atoms with Crippen LogP contribution in [0.25, 0.3) is 44.1 Å². The normalized spacial score (nSPS) is 29.0. The summed E-state index contributed by atoms with van der Waals surface area (Å²) in [5.74, 6) is 3.57. The number of aromatic nitrogens is 1. The number of rotatable bonds is 1. The molecule has 0 N–H and O–H groups in total. The number of hydrogen-bond acceptors (Lipinski definition) is 0. The summed E-state index contributed by atoms with van der Waals surface area (Å²) in [6.45, 7) is 0. The molecule has 0 aliphatic heterocycles. The molecule has 0 unspecified atom stereocenters. The molecular formula is C34H28NW-. The number of para-hydroxylation sites is 1. The van der Waals surface area contributed by atoms with Crippen molar-refractivity contribution in [2.75, 3.05) is 0 Å². The van der Waals surface area contributed by atoms with Crippen molar-refractivity contribution in [3.8, 4) is 22.3 Å². The van der Waals surface area contributed by atoms with Gasteiger partial charge in [-0.3, -0.25) is 0 Å². The van der Waals surface area contributed by atoms with E-state index in [9.17, 15) is 0 Å². The van der Waals surface area contributed by atoms with E-state index in [0.717, 1.165) is 34.7 Å². The molecule has 10 rings (SSSR count). The second-order valence-corrected chi connectivity index (χ2v) is 11.8. The molecule has 1 heterocycles. The van der Waals surface area contributed by atoms with Crippen LogP contribution < -0.4 is 4.98 Å². The van der Waals surface area contributed by atoms with Gasteiger partial charge in [0.2, 0.25) is 0 Å². The molecule has 36 heavy (non-hydrogen) atoms. The SMILES string of the molecule is [W].c1ccc2c(c1)-c1ccc(-c3ccc4[n-]c5ccccc5c4c3)cc1C21C2CC3CC(C2)CC1C3. The fourth-order valence-corrected chi connectivity index (χ4v) is 9.29. The standard InChI is InChI=1S/C34H28N.W/c1-3-7-30-26(5-1)27-11-9-23(22-10-12-33-29(18-22)28-6-2-4-8-32(28)35-33)19-31(27)34(30)24-14-20-13-21(16-24)17-25(34)15-20;/h1-12,18-21,24-25H,13-17H2;/q-1;. The average Bonchev–Trinajstić information content (AvgIpc) is 3.40. The van der Waals surface area contributed by atoms with E-state index in [4.69, 9.17) is 4.98 Å². The molecule has 5 aromatic rings. The number of fused-ring (bicyclic) bond motifs is 6. The van der Waals surface area contributed by atoms with Crippen molar-refractivity contribution in [3.05, 3.63) is 96.1 Å². The van der Waals surface area contributed by atoms with Crippen molar-refractivity contribution >= 4 is 21.8 Å². The summed E-state index contributed by atoms with van der Waals surface area (Å²) in [7, 11) is 0. The predicted octanol–water partition coefficient (Wildman–Crippen LogP) is 8.34. The first-order valence-electron chi connectivity index (χ1n) is 13.5. The van der Waals surface area contributed by atoms with Gasteiger partial charge in [0.05, 0.1) is 0 Å². The van der Waals surface area contributed by atoms with Crippen molar-refractivity contribution < 1.29 is 21.1 Å². The minimum absolute atomic E-state index is 0. The van der Waals surface area contributed by atoms with E-state index in [1.165, 1.54) is 65.1 Å². The maximum absolute atomic E-state index is 4.85. The van der Waals surface area contributed by atoms with E-state index in [1.54, 1.807) is 11.1 Å². The van der Waals surface area contributed by atoms with Gasteiger partial charge in [-0.15, -0.1) is 11.0 Å². The van der Waals surface area contributed by atoms with Crippen LogP contribution in [0.4, 0.5) is 0 Å². The summed E-state index contributed by atoms with van der Waals surface area (Å²) in [6.07, 6.45) is 7.23. The van der Waals surface area contributed by atoms with Crippen molar-refractivity contribution in [3.63, 3.8) is 0 Å². The van der Waals surface area contributed by atoms with Gasteiger partial charge in [0, 0.05) is 26.5 Å². The van der Waals surface area contributed by atoms with Gasteiger partial charge in [-0.25, -0.2) is 0 Å². The summed E-state index contributed by atoms with van der Waals surface area (Å²) in [4.78, 5) is 4.85. The van der Waals surface area contributed by atoms with Gasteiger partial charge in [-0.1, -0.05) is 72.8 Å². The van der Waals surface area contributed by atoms with Crippen molar-refractivity contribution in [2.45, 2.75) is 37.5 Å². The second kappa shape index (κ2) is 7.45. The average molecular weight is 634 g/mol. The van der Waals surface area contributed by atoms with Gasteiger partial charge >= 0.3 is 0 Å². The molecular weight excluding hydrogens is 606 g/mol. The Balaban J connectivity index is 0.00000205. The summed E-state index contributed by atoms with van der Waals surface area (Å²) < 4.78 is 0. The molecule has 4 saturated carbocycles. The van der Waals surface area contributed by atoms with Crippen molar-refractivity contribution in [1.82, 2.24) is 4.98 Å². The zero-order valence-electron chi connectivity index (χ0n) is 20.3. The fraction of sp³-hybridized carbons (Fsp3) is 0.294. The summed E-state index contributed by atoms with van der Waals surface area (Å²) >= 11 is 0. The maximum atomic E-state index is 4.85. The maximum Gasteiger partial charge on any atom is 0.0272 e. The molecule has 4 bridgehead atoms. The van der Waals surface area contributed by atoms with E-state index in [1.807, 2.05) is 0 Å². The minimum Gasteiger partial charge on any atom is -0.657 e. The Morgan fingerprint density at radius 1 is 0.556 bits per heavy atom. The smallest absolute Gasteiger partial charge is 0.0272 e. The minimum atomic E-state index is 0. The van der Waals surface area contributed by atoms with Gasteiger partial charge in [0.1, 0.15) is 0 Å². The largest absolute Gasteiger partial charge is 0.657 e. The van der Waals surface area contributed by atoms with Crippen LogP contribution >= 0.6 is 0 Å². The van der Waals surface area contributed by atoms with Gasteiger partial charge in [-0.05, 0) is 112 Å². The molecule has 2 heteroatoms. The molecule has 0 radical (unpaired) electrons. The first kappa shape index (κ1) is 21.5. The van der Waals surface area contributed by atoms with Crippen LogP contribution in [0.1, 0.15) is 43.2 Å². The molecule has 176 valence electrons. The monoisotopic (exact) mass is 634 g/mol. The quantitative estimate of drug-likeness (QED) is 0.181. The summed E-state index contributed by atoms with van der Waals surface area (Å²) in [5, 5.41) is 2.53. The first-order chi connectivity index (χ1) is 17.3. The van der Waals surface area contributed by atoms with E-state index in [-0.39, 0.29) is 26.5 Å². The van der Waals surface area contributed by atoms with Gasteiger partial charge in [-0.2, -0.15) is 0 Å². The van der Waals surface area contributed by atoms with Crippen LogP contribution in [0.3, 0.4) is 0 Å². The third kappa shape index (κ3) is 2.61. The Hall–Kier alpha value is -2.63. The Bertz CT molecular complexity index is 1650. The molecule has 1 spiro atoms. The third-order valence-electron chi connectivity index (χ3n) is 10.3. The molecule has 4 aromatic carbocycles. The van der Waals surface area contributed by atoms with Crippen LogP contribution in [0.5, 0.6) is 0 Å². The van der Waals surface area contributed by atoms with Crippen LogP contribution in [0, 0.1) is 23.7 Å². The molecule has 5 aliphatic rings. The van der Waals surface area contributed by atoms with Crippen molar-refractivity contribution in [2.24, 2.45) is 23.7 Å². The van der Waals surface area contributed by atoms with Crippen LogP contribution in [-0.2, 0) is 26.5 Å². The molecule has 5 aliphatic carbocycles. The van der Waals surface area contributed by atoms with Gasteiger partial charge in [0.15, 0.2) is 0 Å². The zero-order chi connectivity index (χ0) is 22.7. The predicted molar refractivity (Wildman–Crippen MR) is 143 cm³/mol. The van der Waals surface area contributed by atoms with Gasteiger partial charge < -0.3 is 4.98 Å². The topological polar surface area (TPSA) is 14.1 Å². The number of hydrogen-bond donors (Lipinski definition) is 0. The number of nitrogens with zero attached hydrogens (tertiary/aromatic N) is 1. The Morgan fingerprint density at radius 2 is 1.19 bits per heavy atom. The molecule has 1 aromatic heterocycles. The van der Waals surface area contributed by atoms with E-state index in [2.05, 4.69) is 84.9 Å². The van der Waals surface area contributed by atoms with E-state index < -0.39 is 0 Å². The fourth-order valence-electron chi connectivity index (χ4n) is 9.29. The van der Waals surface area contributed by atoms with Crippen LogP contribution in [-0.4, -0.2) is 0 Å². The number of benzene rings is 4. The van der Waals surface area contributed by atoms with Crippen LogP contribution in [0.15, 0.2) is 84.9 Å². The van der Waals surface area contributed by atoms with Gasteiger partial charge in [0.25, 0.3) is 0 Å². The molecule has 0 saturated heterocycles. The van der Waals surface area contributed by atoms with E-state index in [0.29, 0.717) is 0 Å². The molecule has 1 nitrogen and oxygen atoms in total. The zero-order valence-corrected chi connectivity index (χ0v) is 23.2. The Morgan fingerprint density at radius 3 is 2.03 bits per heavy atom. The second-order valence-electron chi connectivity index (χ2n) is 11.8. The van der Waals surface area contributed by atoms with E-state index >= 15 is 0 Å². The first-order valence-corrected chi connectivity index (χ1v) is 13.5. The van der Waals surface area contributed by atoms with Crippen molar-refractivity contribution in [1.29, 1.82) is 0 Å². The Kier molecular flexibility index (Phi) is 4.44. The molecule has 4 fully saturated rings.